The SMILES string of the molecule is C=CC/C(C)=C\C=C/Cc1cc(-c2ccc(-c3ccccc3)cc2)cc(-c2cccc(C)c2)n1.CC. The number of hydrogen-bond acceptors (Lipinski definition) is 1. The zero-order chi connectivity index (χ0) is 25.8. The van der Waals surface area contributed by atoms with E-state index in [1.807, 2.05) is 26.0 Å². The molecule has 182 valence electrons. The minimum atomic E-state index is 0.784. The molecule has 0 N–H and O–H groups in total. The highest BCUT2D eigenvalue weighted by Gasteiger charge is 2.08. The molecule has 1 heterocycles. The summed E-state index contributed by atoms with van der Waals surface area (Å²) in [5.41, 5.74) is 10.6. The van der Waals surface area contributed by atoms with Gasteiger partial charge in [0.25, 0.3) is 0 Å². The number of benzene rings is 3. The van der Waals surface area contributed by atoms with Gasteiger partial charge in [0.1, 0.15) is 0 Å². The first kappa shape index (κ1) is 26.6. The van der Waals surface area contributed by atoms with Gasteiger partial charge in [-0.2, -0.15) is 0 Å². The Bertz CT molecular complexity index is 1310. The maximum Gasteiger partial charge on any atom is 0.0711 e. The van der Waals surface area contributed by atoms with Crippen molar-refractivity contribution in [2.75, 3.05) is 0 Å². The second-order valence-electron chi connectivity index (χ2n) is 8.68. The van der Waals surface area contributed by atoms with Crippen LogP contribution in [0.1, 0.15) is 38.4 Å². The largest absolute Gasteiger partial charge is 0.252 e. The molecule has 0 aliphatic carbocycles. The van der Waals surface area contributed by atoms with Gasteiger partial charge in [0.2, 0.25) is 0 Å². The third-order valence-corrected chi connectivity index (χ3v) is 5.83. The number of rotatable bonds is 8. The smallest absolute Gasteiger partial charge is 0.0711 e. The van der Waals surface area contributed by atoms with Crippen molar-refractivity contribution in [3.63, 3.8) is 0 Å². The Hall–Kier alpha value is -3.97. The standard InChI is InChI=1S/C33H31N.C2H6/c1-4-11-25(2)12-8-9-17-32-23-31(24-33(34-32)30-16-10-13-26(3)22-30)29-20-18-28(19-21-29)27-14-6-5-7-15-27;1-2/h4-10,12-16,18-24H,1,11,17H2,2-3H3;1-2H3/b9-8-,25-12-;. The van der Waals surface area contributed by atoms with Gasteiger partial charge in [-0.15, -0.1) is 6.58 Å². The first-order chi connectivity index (χ1) is 17.6. The van der Waals surface area contributed by atoms with E-state index in [-0.39, 0.29) is 0 Å². The minimum absolute atomic E-state index is 0.784. The van der Waals surface area contributed by atoms with E-state index < -0.39 is 0 Å². The van der Waals surface area contributed by atoms with Crippen LogP contribution in [0.15, 0.2) is 127 Å². The molecule has 0 saturated heterocycles. The van der Waals surface area contributed by atoms with E-state index in [1.165, 1.54) is 33.4 Å². The van der Waals surface area contributed by atoms with E-state index in [1.54, 1.807) is 0 Å². The lowest BCUT2D eigenvalue weighted by atomic mass is 9.98. The fraction of sp³-hybridized carbons (Fsp3) is 0.171. The molecule has 0 aliphatic heterocycles. The van der Waals surface area contributed by atoms with Crippen LogP contribution in [0.25, 0.3) is 33.5 Å². The Labute approximate surface area is 217 Å². The van der Waals surface area contributed by atoms with E-state index in [9.17, 15) is 0 Å². The van der Waals surface area contributed by atoms with E-state index in [4.69, 9.17) is 4.98 Å². The highest BCUT2D eigenvalue weighted by Crippen LogP contribution is 2.29. The quantitative estimate of drug-likeness (QED) is 0.184. The molecular formula is C35H37N. The van der Waals surface area contributed by atoms with Crippen molar-refractivity contribution in [3.05, 3.63) is 139 Å². The predicted octanol–water partition coefficient (Wildman–Crippen LogP) is 10.0. The van der Waals surface area contributed by atoms with Gasteiger partial charge >= 0.3 is 0 Å². The van der Waals surface area contributed by atoms with Crippen LogP contribution < -0.4 is 0 Å². The van der Waals surface area contributed by atoms with Crippen molar-refractivity contribution in [2.24, 2.45) is 0 Å². The Morgan fingerprint density at radius 2 is 1.39 bits per heavy atom. The molecule has 0 fully saturated rings. The van der Waals surface area contributed by atoms with Gasteiger partial charge in [-0.1, -0.05) is 122 Å². The number of aryl methyl sites for hydroxylation is 1. The summed E-state index contributed by atoms with van der Waals surface area (Å²) in [7, 11) is 0. The number of aromatic nitrogens is 1. The van der Waals surface area contributed by atoms with E-state index in [0.717, 1.165) is 29.8 Å². The van der Waals surface area contributed by atoms with Crippen molar-refractivity contribution >= 4 is 0 Å². The second-order valence-corrected chi connectivity index (χ2v) is 8.68. The molecule has 0 saturated carbocycles. The summed E-state index contributed by atoms with van der Waals surface area (Å²) >= 11 is 0. The fourth-order valence-electron chi connectivity index (χ4n) is 4.01. The maximum atomic E-state index is 5.00. The van der Waals surface area contributed by atoms with Gasteiger partial charge in [-0.25, -0.2) is 0 Å². The van der Waals surface area contributed by atoms with Crippen LogP contribution in [0.4, 0.5) is 0 Å². The fourth-order valence-corrected chi connectivity index (χ4v) is 4.01. The van der Waals surface area contributed by atoms with Gasteiger partial charge in [0, 0.05) is 17.7 Å². The molecule has 0 radical (unpaired) electrons. The lowest BCUT2D eigenvalue weighted by molar-refractivity contribution is 1.11. The van der Waals surface area contributed by atoms with Crippen LogP contribution in [-0.2, 0) is 6.42 Å². The number of pyridine rings is 1. The Balaban J connectivity index is 0.00000176. The van der Waals surface area contributed by atoms with Crippen molar-refractivity contribution in [1.29, 1.82) is 0 Å². The lowest BCUT2D eigenvalue weighted by Crippen LogP contribution is -1.94. The zero-order valence-corrected chi connectivity index (χ0v) is 22.0. The van der Waals surface area contributed by atoms with Crippen molar-refractivity contribution in [1.82, 2.24) is 4.98 Å². The molecule has 0 atom stereocenters. The molecule has 0 unspecified atom stereocenters. The number of allylic oxidation sites excluding steroid dienone is 5. The van der Waals surface area contributed by atoms with E-state index in [2.05, 4.69) is 124 Å². The highest BCUT2D eigenvalue weighted by molar-refractivity contribution is 5.74. The van der Waals surface area contributed by atoms with E-state index >= 15 is 0 Å². The summed E-state index contributed by atoms with van der Waals surface area (Å²) in [6.45, 7) is 12.1. The number of nitrogens with zero attached hydrogens (tertiary/aromatic N) is 1. The third kappa shape index (κ3) is 7.52. The highest BCUT2D eigenvalue weighted by atomic mass is 14.7. The first-order valence-electron chi connectivity index (χ1n) is 12.8. The monoisotopic (exact) mass is 471 g/mol. The van der Waals surface area contributed by atoms with Crippen molar-refractivity contribution in [3.8, 4) is 33.5 Å². The summed E-state index contributed by atoms with van der Waals surface area (Å²) in [5, 5.41) is 0. The molecule has 4 rings (SSSR count). The summed E-state index contributed by atoms with van der Waals surface area (Å²) in [4.78, 5) is 5.00. The van der Waals surface area contributed by atoms with Gasteiger partial charge in [0.15, 0.2) is 0 Å². The van der Waals surface area contributed by atoms with Crippen molar-refractivity contribution < 1.29 is 0 Å². The molecule has 3 aromatic carbocycles. The van der Waals surface area contributed by atoms with Crippen LogP contribution in [0, 0.1) is 6.92 Å². The van der Waals surface area contributed by atoms with E-state index in [0.29, 0.717) is 0 Å². The topological polar surface area (TPSA) is 12.9 Å². The van der Waals surface area contributed by atoms with Crippen LogP contribution in [0.5, 0.6) is 0 Å². The minimum Gasteiger partial charge on any atom is -0.252 e. The van der Waals surface area contributed by atoms with Gasteiger partial charge in [0.05, 0.1) is 5.69 Å². The summed E-state index contributed by atoms with van der Waals surface area (Å²) in [6.07, 6.45) is 10.1. The van der Waals surface area contributed by atoms with Crippen LogP contribution >= 0.6 is 0 Å². The molecule has 36 heavy (non-hydrogen) atoms. The molecule has 1 heteroatoms. The van der Waals surface area contributed by atoms with Crippen LogP contribution in [0.3, 0.4) is 0 Å². The summed E-state index contributed by atoms with van der Waals surface area (Å²) in [5.74, 6) is 0. The van der Waals surface area contributed by atoms with Gasteiger partial charge in [-0.3, -0.25) is 4.98 Å². The van der Waals surface area contributed by atoms with Gasteiger partial charge in [-0.05, 0) is 60.7 Å². The molecule has 0 aliphatic rings. The Morgan fingerprint density at radius 1 is 0.750 bits per heavy atom. The Kier molecular flexibility index (Phi) is 10.2. The van der Waals surface area contributed by atoms with Crippen LogP contribution in [-0.4, -0.2) is 4.98 Å². The van der Waals surface area contributed by atoms with Crippen molar-refractivity contribution in [2.45, 2.75) is 40.5 Å². The first-order valence-corrected chi connectivity index (χ1v) is 12.8. The summed E-state index contributed by atoms with van der Waals surface area (Å²) < 4.78 is 0. The maximum absolute atomic E-state index is 5.00. The predicted molar refractivity (Wildman–Crippen MR) is 158 cm³/mol. The molecule has 4 aromatic rings. The Morgan fingerprint density at radius 3 is 2.06 bits per heavy atom. The summed E-state index contributed by atoms with van der Waals surface area (Å²) in [6, 6.07) is 32.3. The normalized spacial score (nSPS) is 11.2. The molecule has 1 nitrogen and oxygen atoms in total. The third-order valence-electron chi connectivity index (χ3n) is 5.83. The molecule has 0 spiro atoms. The zero-order valence-electron chi connectivity index (χ0n) is 22.0. The lowest BCUT2D eigenvalue weighted by Gasteiger charge is -2.10. The average Bonchev–Trinajstić information content (AvgIpc) is 2.93. The second kappa shape index (κ2) is 13.8. The molecule has 0 bridgehead atoms. The molecular weight excluding hydrogens is 434 g/mol. The van der Waals surface area contributed by atoms with Gasteiger partial charge < -0.3 is 0 Å². The number of hydrogen-bond donors (Lipinski definition) is 0. The van der Waals surface area contributed by atoms with Crippen LogP contribution in [0.2, 0.25) is 0 Å². The molecule has 1 aromatic heterocycles. The average molecular weight is 472 g/mol. The molecule has 0 amide bonds.